The summed E-state index contributed by atoms with van der Waals surface area (Å²) in [7, 11) is 0. The second kappa shape index (κ2) is 7.68. The predicted molar refractivity (Wildman–Crippen MR) is 63.8 cm³/mol. The summed E-state index contributed by atoms with van der Waals surface area (Å²) in [5, 5.41) is 3.53. The fourth-order valence-electron chi connectivity index (χ4n) is 1.51. The van der Waals surface area contributed by atoms with Crippen LogP contribution in [0.5, 0.6) is 0 Å². The molecule has 0 spiro atoms. The van der Waals surface area contributed by atoms with E-state index in [1.54, 1.807) is 0 Å². The van der Waals surface area contributed by atoms with Gasteiger partial charge in [-0.25, -0.2) is 0 Å². The highest BCUT2D eigenvalue weighted by molar-refractivity contribution is 5.09. The Kier molecular flexibility index (Phi) is 5.99. The Morgan fingerprint density at radius 1 is 1.44 bits per heavy atom. The molecule has 0 fully saturated rings. The van der Waals surface area contributed by atoms with Gasteiger partial charge in [-0.15, -0.1) is 0 Å². The van der Waals surface area contributed by atoms with Gasteiger partial charge in [0.05, 0.1) is 0 Å². The normalized spacial score (nSPS) is 10.1. The van der Waals surface area contributed by atoms with Gasteiger partial charge in [0.25, 0.3) is 0 Å². The molecule has 5 heteroatoms. The lowest BCUT2D eigenvalue weighted by Gasteiger charge is -2.19. The molecular weight excluding hydrogens is 202 g/mol. The average Bonchev–Trinajstić information content (AvgIpc) is 2.34. The molecule has 0 saturated heterocycles. The van der Waals surface area contributed by atoms with Crippen LogP contribution in [0.2, 0.25) is 0 Å². The molecule has 1 rings (SSSR count). The molecule has 0 radical (unpaired) electrons. The molecular formula is C11H17N5. The van der Waals surface area contributed by atoms with Crippen LogP contribution in [0.4, 0.5) is 0 Å². The van der Waals surface area contributed by atoms with Gasteiger partial charge in [-0.1, -0.05) is 12.0 Å². The van der Waals surface area contributed by atoms with E-state index in [-0.39, 0.29) is 0 Å². The summed E-state index contributed by atoms with van der Waals surface area (Å²) in [5.74, 6) is 0. The summed E-state index contributed by atoms with van der Waals surface area (Å²) in [6.45, 7) is 5.59. The third kappa shape index (κ3) is 4.77. The molecule has 86 valence electrons. The topological polar surface area (TPSA) is 64.9 Å². The van der Waals surface area contributed by atoms with E-state index in [1.807, 2.05) is 24.5 Å². The quantitative estimate of drug-likeness (QED) is 0.306. The van der Waals surface area contributed by atoms with Gasteiger partial charge in [0, 0.05) is 30.4 Å². The predicted octanol–water partition coefficient (Wildman–Crippen LogP) is 2.60. The molecule has 1 aromatic heterocycles. The molecule has 16 heavy (non-hydrogen) atoms. The van der Waals surface area contributed by atoms with Crippen LogP contribution in [0.1, 0.15) is 18.9 Å². The number of hydrogen-bond donors (Lipinski definition) is 0. The standard InChI is InChI=1S/C11H17N5/c1-2-16(9-3-6-14-15-12)10-11-4-7-13-8-5-11/h4-5,7-8H,2-3,6,9-10H2,1H3. The van der Waals surface area contributed by atoms with Gasteiger partial charge in [0.15, 0.2) is 0 Å². The molecule has 0 bridgehead atoms. The van der Waals surface area contributed by atoms with Gasteiger partial charge in [-0.3, -0.25) is 9.88 Å². The van der Waals surface area contributed by atoms with Crippen molar-refractivity contribution >= 4 is 0 Å². The van der Waals surface area contributed by atoms with E-state index >= 15 is 0 Å². The van der Waals surface area contributed by atoms with E-state index in [2.05, 4.69) is 26.8 Å². The van der Waals surface area contributed by atoms with Crippen molar-refractivity contribution in [1.82, 2.24) is 9.88 Å². The number of pyridine rings is 1. The number of hydrogen-bond acceptors (Lipinski definition) is 3. The second-order valence-corrected chi connectivity index (χ2v) is 3.53. The molecule has 0 saturated carbocycles. The Labute approximate surface area is 95.7 Å². The molecule has 1 heterocycles. The van der Waals surface area contributed by atoms with Crippen LogP contribution >= 0.6 is 0 Å². The van der Waals surface area contributed by atoms with E-state index < -0.39 is 0 Å². The van der Waals surface area contributed by atoms with E-state index in [1.165, 1.54) is 5.56 Å². The van der Waals surface area contributed by atoms with Crippen LogP contribution in [0.15, 0.2) is 29.6 Å². The molecule has 0 atom stereocenters. The molecule has 0 N–H and O–H groups in total. The van der Waals surface area contributed by atoms with E-state index in [0.717, 1.165) is 26.1 Å². The Hall–Kier alpha value is -1.58. The zero-order valence-corrected chi connectivity index (χ0v) is 9.58. The van der Waals surface area contributed by atoms with Crippen molar-refractivity contribution < 1.29 is 0 Å². The van der Waals surface area contributed by atoms with Crippen LogP contribution < -0.4 is 0 Å². The third-order valence-electron chi connectivity index (χ3n) is 2.40. The molecule has 0 aromatic carbocycles. The highest BCUT2D eigenvalue weighted by Crippen LogP contribution is 2.03. The maximum absolute atomic E-state index is 8.16. The molecule has 5 nitrogen and oxygen atoms in total. The number of nitrogens with zero attached hydrogens (tertiary/aromatic N) is 5. The Morgan fingerprint density at radius 2 is 2.19 bits per heavy atom. The fraction of sp³-hybridized carbons (Fsp3) is 0.545. The van der Waals surface area contributed by atoms with Crippen molar-refractivity contribution in [2.75, 3.05) is 19.6 Å². The van der Waals surface area contributed by atoms with Crippen LogP contribution in [0, 0.1) is 0 Å². The minimum atomic E-state index is 0.573. The first kappa shape index (κ1) is 12.5. The maximum Gasteiger partial charge on any atom is 0.0271 e. The van der Waals surface area contributed by atoms with E-state index in [9.17, 15) is 0 Å². The highest BCUT2D eigenvalue weighted by Gasteiger charge is 2.02. The maximum atomic E-state index is 8.16. The van der Waals surface area contributed by atoms with Gasteiger partial charge >= 0.3 is 0 Å². The SMILES string of the molecule is CCN(CCCN=[N+]=[N-])Cc1ccncc1. The molecule has 0 aliphatic rings. The largest absolute Gasteiger partial charge is 0.299 e. The molecule has 0 aliphatic carbocycles. The lowest BCUT2D eigenvalue weighted by Crippen LogP contribution is -2.24. The van der Waals surface area contributed by atoms with E-state index in [0.29, 0.717) is 6.54 Å². The summed E-state index contributed by atoms with van der Waals surface area (Å²) >= 11 is 0. The van der Waals surface area contributed by atoms with E-state index in [4.69, 9.17) is 5.53 Å². The number of rotatable bonds is 7. The summed E-state index contributed by atoms with van der Waals surface area (Å²) in [4.78, 5) is 9.05. The van der Waals surface area contributed by atoms with Gasteiger partial charge in [0.2, 0.25) is 0 Å². The average molecular weight is 219 g/mol. The van der Waals surface area contributed by atoms with Crippen molar-refractivity contribution in [2.24, 2.45) is 5.11 Å². The lowest BCUT2D eigenvalue weighted by atomic mass is 10.2. The molecule has 0 unspecified atom stereocenters. The minimum Gasteiger partial charge on any atom is -0.299 e. The van der Waals surface area contributed by atoms with Gasteiger partial charge in [0.1, 0.15) is 0 Å². The fourth-order valence-corrected chi connectivity index (χ4v) is 1.51. The van der Waals surface area contributed by atoms with Crippen LogP contribution in [0.25, 0.3) is 10.4 Å². The minimum absolute atomic E-state index is 0.573. The van der Waals surface area contributed by atoms with Gasteiger partial charge in [-0.2, -0.15) is 0 Å². The summed E-state index contributed by atoms with van der Waals surface area (Å²) < 4.78 is 0. The molecule has 0 amide bonds. The van der Waals surface area contributed by atoms with Crippen molar-refractivity contribution in [3.63, 3.8) is 0 Å². The number of azide groups is 1. The van der Waals surface area contributed by atoms with Crippen molar-refractivity contribution in [2.45, 2.75) is 19.9 Å². The monoisotopic (exact) mass is 219 g/mol. The van der Waals surface area contributed by atoms with Crippen LogP contribution in [-0.2, 0) is 6.54 Å². The second-order valence-electron chi connectivity index (χ2n) is 3.53. The molecule has 1 aromatic rings. The first-order valence-corrected chi connectivity index (χ1v) is 5.49. The summed E-state index contributed by atoms with van der Waals surface area (Å²) in [5.41, 5.74) is 9.43. The Balaban J connectivity index is 2.34. The molecule has 0 aliphatic heterocycles. The number of aromatic nitrogens is 1. The smallest absolute Gasteiger partial charge is 0.0271 e. The lowest BCUT2D eigenvalue weighted by molar-refractivity contribution is 0.278. The van der Waals surface area contributed by atoms with Gasteiger partial charge in [-0.05, 0) is 42.7 Å². The zero-order valence-electron chi connectivity index (χ0n) is 9.58. The van der Waals surface area contributed by atoms with Crippen molar-refractivity contribution in [3.8, 4) is 0 Å². The zero-order chi connectivity index (χ0) is 11.6. The first-order valence-electron chi connectivity index (χ1n) is 5.49. The van der Waals surface area contributed by atoms with Crippen LogP contribution in [0.3, 0.4) is 0 Å². The van der Waals surface area contributed by atoms with Crippen molar-refractivity contribution in [3.05, 3.63) is 40.5 Å². The Bertz CT molecular complexity index is 331. The summed E-state index contributed by atoms with van der Waals surface area (Å²) in [6, 6.07) is 4.05. The van der Waals surface area contributed by atoms with Crippen LogP contribution in [-0.4, -0.2) is 29.5 Å². The summed E-state index contributed by atoms with van der Waals surface area (Å²) in [6.07, 6.45) is 4.52. The highest BCUT2D eigenvalue weighted by atomic mass is 15.1. The third-order valence-corrected chi connectivity index (χ3v) is 2.40. The van der Waals surface area contributed by atoms with Gasteiger partial charge < -0.3 is 0 Å². The van der Waals surface area contributed by atoms with Crippen molar-refractivity contribution in [1.29, 1.82) is 0 Å². The first-order chi connectivity index (χ1) is 7.86. The Morgan fingerprint density at radius 3 is 2.81 bits per heavy atom.